The number of ether oxygens (including phenoxy) is 3. The zero-order chi connectivity index (χ0) is 17.5. The van der Waals surface area contributed by atoms with E-state index in [2.05, 4.69) is 20.3 Å². The van der Waals surface area contributed by atoms with Gasteiger partial charge in [-0.1, -0.05) is 0 Å². The molecule has 2 rings (SSSR count). The molecule has 1 saturated heterocycles. The van der Waals surface area contributed by atoms with Crippen LogP contribution >= 0.6 is 11.8 Å². The summed E-state index contributed by atoms with van der Waals surface area (Å²) in [6.45, 7) is 0. The number of carbonyl (C=O) groups excluding carboxylic acids is 2. The number of carbonyl (C=O) groups is 2. The molecule has 1 heterocycles. The van der Waals surface area contributed by atoms with Crippen molar-refractivity contribution in [3.05, 3.63) is 34.7 Å². The Kier molecular flexibility index (Phi) is 5.96. The number of rotatable bonds is 5. The third-order valence-corrected chi connectivity index (χ3v) is 3.78. The molecule has 1 N–H and O–H groups in total. The normalized spacial score (nSPS) is 17.4. The van der Waals surface area contributed by atoms with Crippen LogP contribution in [0.1, 0.15) is 5.56 Å². The first-order valence-electron chi connectivity index (χ1n) is 6.69. The molecule has 1 aromatic carbocycles. The highest BCUT2D eigenvalue weighted by Crippen LogP contribution is 2.24. The predicted octanol–water partition coefficient (Wildman–Crippen LogP) is 1.31. The fourth-order valence-corrected chi connectivity index (χ4v) is 2.46. The summed E-state index contributed by atoms with van der Waals surface area (Å²) in [5.41, 5.74) is 0.667. The summed E-state index contributed by atoms with van der Waals surface area (Å²) in [6, 6.07) is 5.25. The van der Waals surface area contributed by atoms with Crippen LogP contribution in [0, 0.1) is 0 Å². The molecule has 9 heteroatoms. The van der Waals surface area contributed by atoms with Gasteiger partial charge in [0.25, 0.3) is 5.91 Å². The fourth-order valence-electron chi connectivity index (χ4n) is 1.72. The molecular weight excluding hydrogens is 334 g/mol. The number of hydrogen-bond donors (Lipinski definition) is 1. The Labute approximate surface area is 142 Å². The molecule has 0 spiro atoms. The summed E-state index contributed by atoms with van der Waals surface area (Å²) in [5, 5.41) is 10.6. The van der Waals surface area contributed by atoms with Gasteiger partial charge in [0, 0.05) is 11.6 Å². The summed E-state index contributed by atoms with van der Waals surface area (Å²) >= 11 is 0.995. The van der Waals surface area contributed by atoms with Crippen LogP contribution in [0.3, 0.4) is 0 Å². The van der Waals surface area contributed by atoms with Gasteiger partial charge in [0.05, 0.1) is 32.4 Å². The van der Waals surface area contributed by atoms with Crippen molar-refractivity contribution in [1.82, 2.24) is 5.32 Å². The van der Waals surface area contributed by atoms with Crippen LogP contribution in [-0.4, -0.2) is 44.6 Å². The first-order chi connectivity index (χ1) is 11.6. The molecule has 1 fully saturated rings. The minimum absolute atomic E-state index is 0.190. The molecule has 0 aliphatic carbocycles. The number of nitrogens with one attached hydrogen (secondary N) is 1. The lowest BCUT2D eigenvalue weighted by molar-refractivity contribution is -0.135. The minimum atomic E-state index is -0.612. The molecule has 24 heavy (non-hydrogen) atoms. The Hall–Kier alpha value is -2.81. The van der Waals surface area contributed by atoms with Crippen LogP contribution in [-0.2, 0) is 14.3 Å². The number of esters is 1. The van der Waals surface area contributed by atoms with Crippen molar-refractivity contribution in [1.29, 1.82) is 0 Å². The Morgan fingerprint density at radius 3 is 2.71 bits per heavy atom. The van der Waals surface area contributed by atoms with Crippen molar-refractivity contribution in [2.75, 3.05) is 21.3 Å². The van der Waals surface area contributed by atoms with Crippen LogP contribution in [0.15, 0.2) is 39.4 Å². The summed E-state index contributed by atoms with van der Waals surface area (Å²) in [7, 11) is 4.34. The van der Waals surface area contributed by atoms with E-state index >= 15 is 0 Å². The molecule has 0 aromatic heterocycles. The second-order valence-electron chi connectivity index (χ2n) is 4.35. The quantitative estimate of drug-likeness (QED) is 0.372. The van der Waals surface area contributed by atoms with Crippen molar-refractivity contribution in [2.45, 2.75) is 0 Å². The molecule has 0 radical (unpaired) electrons. The zero-order valence-electron chi connectivity index (χ0n) is 13.2. The van der Waals surface area contributed by atoms with Gasteiger partial charge in [-0.3, -0.25) is 10.1 Å². The average molecular weight is 349 g/mol. The van der Waals surface area contributed by atoms with E-state index in [0.29, 0.717) is 17.1 Å². The van der Waals surface area contributed by atoms with Gasteiger partial charge in [0.2, 0.25) is 0 Å². The lowest BCUT2D eigenvalue weighted by Gasteiger charge is -2.06. The summed E-state index contributed by atoms with van der Waals surface area (Å²) in [5.74, 6) is 0.211. The lowest BCUT2D eigenvalue weighted by Crippen LogP contribution is -2.19. The Bertz CT molecular complexity index is 743. The predicted molar refractivity (Wildman–Crippen MR) is 90.4 cm³/mol. The maximum absolute atomic E-state index is 11.7. The number of hydrogen-bond acceptors (Lipinski definition) is 8. The fraction of sp³-hybridized carbons (Fsp3) is 0.200. The van der Waals surface area contributed by atoms with Gasteiger partial charge in [-0.15, -0.1) is 5.10 Å². The van der Waals surface area contributed by atoms with Gasteiger partial charge in [0.1, 0.15) is 11.5 Å². The lowest BCUT2D eigenvalue weighted by atomic mass is 10.2. The number of amides is 1. The molecule has 1 amide bonds. The number of amidine groups is 1. The molecule has 8 nitrogen and oxygen atoms in total. The standard InChI is InChI=1S/C15H15N3O5S/c1-21-10-4-5-11(22-2)9(6-10)8-16-18-15-17-14(20)12(24-15)7-13(19)23-3/h4-8H,1-3H3,(H,17,18,20)/b12-7+,16-8?. The van der Waals surface area contributed by atoms with E-state index in [-0.39, 0.29) is 10.1 Å². The average Bonchev–Trinajstić information content (AvgIpc) is 2.94. The molecule has 0 unspecified atom stereocenters. The smallest absolute Gasteiger partial charge is 0.331 e. The van der Waals surface area contributed by atoms with Gasteiger partial charge in [-0.25, -0.2) is 4.79 Å². The largest absolute Gasteiger partial charge is 0.497 e. The second-order valence-corrected chi connectivity index (χ2v) is 5.38. The number of methoxy groups -OCH3 is 3. The monoisotopic (exact) mass is 349 g/mol. The number of nitrogens with zero attached hydrogens (tertiary/aromatic N) is 2. The topological polar surface area (TPSA) is 98.6 Å². The molecule has 126 valence electrons. The van der Waals surface area contributed by atoms with Crippen LogP contribution in [0.4, 0.5) is 0 Å². The maximum Gasteiger partial charge on any atom is 0.331 e. The van der Waals surface area contributed by atoms with E-state index in [0.717, 1.165) is 17.8 Å². The third kappa shape index (κ3) is 4.35. The van der Waals surface area contributed by atoms with Crippen molar-refractivity contribution in [2.24, 2.45) is 10.2 Å². The Morgan fingerprint density at radius 1 is 1.25 bits per heavy atom. The highest BCUT2D eigenvalue weighted by atomic mass is 32.2. The molecule has 0 saturated carbocycles. The van der Waals surface area contributed by atoms with E-state index < -0.39 is 11.9 Å². The van der Waals surface area contributed by atoms with Crippen LogP contribution < -0.4 is 14.8 Å². The SMILES string of the molecule is COC(=O)/C=C1/S/C(=N\N=Cc2cc(OC)ccc2OC)NC1=O. The second kappa shape index (κ2) is 8.16. The number of benzene rings is 1. The van der Waals surface area contributed by atoms with Gasteiger partial charge < -0.3 is 14.2 Å². The first-order valence-corrected chi connectivity index (χ1v) is 7.51. The van der Waals surface area contributed by atoms with E-state index in [1.165, 1.54) is 13.3 Å². The molecule has 1 aromatic rings. The van der Waals surface area contributed by atoms with Crippen molar-refractivity contribution in [3.8, 4) is 11.5 Å². The minimum Gasteiger partial charge on any atom is -0.497 e. The zero-order valence-corrected chi connectivity index (χ0v) is 14.0. The van der Waals surface area contributed by atoms with Crippen molar-refractivity contribution >= 4 is 35.0 Å². The molecule has 0 bridgehead atoms. The van der Waals surface area contributed by atoms with Gasteiger partial charge in [-0.05, 0) is 30.0 Å². The van der Waals surface area contributed by atoms with E-state index in [1.54, 1.807) is 32.4 Å². The summed E-state index contributed by atoms with van der Waals surface area (Å²) < 4.78 is 14.8. The molecular formula is C15H15N3O5S. The highest BCUT2D eigenvalue weighted by Gasteiger charge is 2.24. The van der Waals surface area contributed by atoms with Crippen molar-refractivity contribution < 1.29 is 23.8 Å². The van der Waals surface area contributed by atoms with E-state index in [4.69, 9.17) is 9.47 Å². The molecule has 1 aliphatic heterocycles. The summed E-state index contributed by atoms with van der Waals surface area (Å²) in [6.07, 6.45) is 2.57. The van der Waals surface area contributed by atoms with Gasteiger partial charge >= 0.3 is 5.97 Å². The molecule has 1 aliphatic rings. The maximum atomic E-state index is 11.7. The Morgan fingerprint density at radius 2 is 2.04 bits per heavy atom. The van der Waals surface area contributed by atoms with Crippen LogP contribution in [0.5, 0.6) is 11.5 Å². The first kappa shape index (κ1) is 17.5. The van der Waals surface area contributed by atoms with Crippen molar-refractivity contribution in [3.63, 3.8) is 0 Å². The molecule has 0 atom stereocenters. The highest BCUT2D eigenvalue weighted by molar-refractivity contribution is 8.18. The van der Waals surface area contributed by atoms with Gasteiger partial charge in [0.15, 0.2) is 5.17 Å². The Balaban J connectivity index is 2.14. The van der Waals surface area contributed by atoms with Gasteiger partial charge in [-0.2, -0.15) is 5.10 Å². The van der Waals surface area contributed by atoms with E-state index in [1.807, 2.05) is 0 Å². The number of thioether (sulfide) groups is 1. The third-order valence-electron chi connectivity index (χ3n) is 2.88. The van der Waals surface area contributed by atoms with Crippen LogP contribution in [0.25, 0.3) is 0 Å². The summed E-state index contributed by atoms with van der Waals surface area (Å²) in [4.78, 5) is 23.0. The van der Waals surface area contributed by atoms with Crippen LogP contribution in [0.2, 0.25) is 0 Å². The van der Waals surface area contributed by atoms with E-state index in [9.17, 15) is 9.59 Å².